The number of hydrogen-bond donors (Lipinski definition) is 2. The van der Waals surface area contributed by atoms with Crippen LogP contribution >= 0.6 is 0 Å². The lowest BCUT2D eigenvalue weighted by atomic mass is 10.2. The van der Waals surface area contributed by atoms with Gasteiger partial charge in [-0.25, -0.2) is 0 Å². The molecule has 104 valence electrons. The van der Waals surface area contributed by atoms with Gasteiger partial charge in [0.2, 0.25) is 0 Å². The smallest absolute Gasteiger partial charge is 0.257 e. The van der Waals surface area contributed by atoms with Gasteiger partial charge in [0.1, 0.15) is 17.2 Å². The number of hydrogen-bond acceptors (Lipinski definition) is 5. The fraction of sp³-hybridized carbons (Fsp3) is 0.143. The first-order valence-corrected chi connectivity index (χ1v) is 5.81. The van der Waals surface area contributed by atoms with E-state index in [2.05, 4.69) is 10.3 Å². The summed E-state index contributed by atoms with van der Waals surface area (Å²) < 4.78 is 10.3. The summed E-state index contributed by atoms with van der Waals surface area (Å²) in [6, 6.07) is 6.37. The first kappa shape index (κ1) is 13.7. The molecular weight excluding hydrogens is 260 g/mol. The van der Waals surface area contributed by atoms with Gasteiger partial charge in [-0.05, 0) is 18.2 Å². The van der Waals surface area contributed by atoms with Crippen LogP contribution in [0.25, 0.3) is 0 Å². The first-order chi connectivity index (χ1) is 9.63. The molecule has 20 heavy (non-hydrogen) atoms. The number of aromatic nitrogens is 1. The van der Waals surface area contributed by atoms with Gasteiger partial charge in [0, 0.05) is 12.3 Å². The number of nitrogens with one attached hydrogen (secondary N) is 1. The molecule has 2 N–H and O–H groups in total. The Bertz CT molecular complexity index is 628. The van der Waals surface area contributed by atoms with Crippen molar-refractivity contribution in [2.45, 2.75) is 0 Å². The van der Waals surface area contributed by atoms with Gasteiger partial charge in [-0.2, -0.15) is 0 Å². The largest absolute Gasteiger partial charge is 0.506 e. The van der Waals surface area contributed by atoms with E-state index in [1.54, 1.807) is 25.3 Å². The molecule has 2 aromatic rings. The summed E-state index contributed by atoms with van der Waals surface area (Å²) in [7, 11) is 3.05. The van der Waals surface area contributed by atoms with Crippen LogP contribution in [0.1, 0.15) is 10.4 Å². The molecule has 1 amide bonds. The summed E-state index contributed by atoms with van der Waals surface area (Å²) in [5.41, 5.74) is 0.754. The number of benzene rings is 1. The molecule has 6 heteroatoms. The Hall–Kier alpha value is -2.76. The predicted molar refractivity (Wildman–Crippen MR) is 73.4 cm³/mol. The van der Waals surface area contributed by atoms with E-state index in [9.17, 15) is 9.90 Å². The van der Waals surface area contributed by atoms with Crippen molar-refractivity contribution >= 4 is 11.6 Å². The summed E-state index contributed by atoms with van der Waals surface area (Å²) in [6.07, 6.45) is 2.62. The lowest BCUT2D eigenvalue weighted by Gasteiger charge is -2.11. The molecule has 6 nitrogen and oxygen atoms in total. The normalized spacial score (nSPS) is 9.90. The molecule has 1 heterocycles. The Morgan fingerprint density at radius 2 is 2.00 bits per heavy atom. The lowest BCUT2D eigenvalue weighted by molar-refractivity contribution is 0.102. The molecule has 0 fully saturated rings. The summed E-state index contributed by atoms with van der Waals surface area (Å²) in [5.74, 6) is 0.640. The average Bonchev–Trinajstić information content (AvgIpc) is 2.47. The molecular formula is C14H14N2O4. The van der Waals surface area contributed by atoms with E-state index in [1.807, 2.05) is 0 Å². The number of carbonyl (C=O) groups is 1. The average molecular weight is 274 g/mol. The summed E-state index contributed by atoms with van der Waals surface area (Å²) in [5, 5.41) is 12.0. The van der Waals surface area contributed by atoms with Crippen molar-refractivity contribution in [1.29, 1.82) is 0 Å². The molecule has 0 atom stereocenters. The maximum absolute atomic E-state index is 12.0. The number of anilines is 1. The molecule has 0 saturated heterocycles. The van der Waals surface area contributed by atoms with Crippen LogP contribution in [0, 0.1) is 0 Å². The number of ether oxygens (including phenoxy) is 2. The molecule has 0 aliphatic heterocycles. The van der Waals surface area contributed by atoms with Gasteiger partial charge in [-0.3, -0.25) is 9.78 Å². The zero-order valence-electron chi connectivity index (χ0n) is 11.1. The van der Waals surface area contributed by atoms with Crippen molar-refractivity contribution in [1.82, 2.24) is 4.98 Å². The molecule has 0 aliphatic carbocycles. The van der Waals surface area contributed by atoms with Crippen LogP contribution in [0.15, 0.2) is 36.7 Å². The van der Waals surface area contributed by atoms with Crippen LogP contribution in [-0.4, -0.2) is 30.2 Å². The number of amides is 1. The standard InChI is InChI=1S/C14H14N2O4/c1-19-11-3-4-12(13(6-11)20-2)16-14(18)9-5-10(17)8-15-7-9/h3-8,17H,1-2H3,(H,16,18). The van der Waals surface area contributed by atoms with Crippen molar-refractivity contribution in [3.63, 3.8) is 0 Å². The highest BCUT2D eigenvalue weighted by Crippen LogP contribution is 2.29. The van der Waals surface area contributed by atoms with Gasteiger partial charge < -0.3 is 19.9 Å². The van der Waals surface area contributed by atoms with Gasteiger partial charge in [0.15, 0.2) is 0 Å². The topological polar surface area (TPSA) is 80.7 Å². The highest BCUT2D eigenvalue weighted by atomic mass is 16.5. The molecule has 0 radical (unpaired) electrons. The van der Waals surface area contributed by atoms with Crippen molar-refractivity contribution in [2.24, 2.45) is 0 Å². The van der Waals surface area contributed by atoms with Crippen molar-refractivity contribution in [3.05, 3.63) is 42.2 Å². The number of rotatable bonds is 4. The molecule has 1 aromatic carbocycles. The van der Waals surface area contributed by atoms with Gasteiger partial charge in [0.25, 0.3) is 5.91 Å². The van der Waals surface area contributed by atoms with Crippen molar-refractivity contribution < 1.29 is 19.4 Å². The third-order valence-electron chi connectivity index (χ3n) is 2.64. The third-order valence-corrected chi connectivity index (χ3v) is 2.64. The second-order valence-corrected chi connectivity index (χ2v) is 3.95. The van der Waals surface area contributed by atoms with Crippen molar-refractivity contribution in [3.8, 4) is 17.2 Å². The van der Waals surface area contributed by atoms with E-state index in [-0.39, 0.29) is 11.3 Å². The van der Waals surface area contributed by atoms with Gasteiger partial charge in [-0.1, -0.05) is 0 Å². The minimum Gasteiger partial charge on any atom is -0.506 e. The molecule has 1 aromatic heterocycles. The molecule has 0 unspecified atom stereocenters. The SMILES string of the molecule is COc1ccc(NC(=O)c2cncc(O)c2)c(OC)c1. The van der Waals surface area contributed by atoms with Crippen LogP contribution in [-0.2, 0) is 0 Å². The number of carbonyl (C=O) groups excluding carboxylic acids is 1. The van der Waals surface area contributed by atoms with E-state index >= 15 is 0 Å². The Morgan fingerprint density at radius 3 is 2.65 bits per heavy atom. The van der Waals surface area contributed by atoms with Gasteiger partial charge in [0.05, 0.1) is 31.7 Å². The quantitative estimate of drug-likeness (QED) is 0.892. The fourth-order valence-corrected chi connectivity index (χ4v) is 1.65. The van der Waals surface area contributed by atoms with E-state index in [0.717, 1.165) is 0 Å². The maximum Gasteiger partial charge on any atom is 0.257 e. The minimum absolute atomic E-state index is 0.0701. The zero-order valence-corrected chi connectivity index (χ0v) is 11.1. The number of nitrogens with zero attached hydrogens (tertiary/aromatic N) is 1. The number of aromatic hydroxyl groups is 1. The summed E-state index contributed by atoms with van der Waals surface area (Å²) in [6.45, 7) is 0. The van der Waals surface area contributed by atoms with E-state index < -0.39 is 5.91 Å². The highest BCUT2D eigenvalue weighted by Gasteiger charge is 2.11. The van der Waals surface area contributed by atoms with Gasteiger partial charge in [-0.15, -0.1) is 0 Å². The zero-order chi connectivity index (χ0) is 14.5. The first-order valence-electron chi connectivity index (χ1n) is 5.81. The van der Waals surface area contributed by atoms with Crippen LogP contribution < -0.4 is 14.8 Å². The van der Waals surface area contributed by atoms with E-state index in [4.69, 9.17) is 9.47 Å². The molecule has 0 spiro atoms. The second-order valence-electron chi connectivity index (χ2n) is 3.95. The Balaban J connectivity index is 2.23. The maximum atomic E-state index is 12.0. The van der Waals surface area contributed by atoms with Crippen LogP contribution in [0.3, 0.4) is 0 Å². The number of methoxy groups -OCH3 is 2. The third kappa shape index (κ3) is 2.97. The Kier molecular flexibility index (Phi) is 4.05. The predicted octanol–water partition coefficient (Wildman–Crippen LogP) is 2.06. The second kappa shape index (κ2) is 5.92. The fourth-order valence-electron chi connectivity index (χ4n) is 1.65. The molecule has 0 aliphatic rings. The van der Waals surface area contributed by atoms with Crippen LogP contribution in [0.5, 0.6) is 17.2 Å². The van der Waals surface area contributed by atoms with Crippen LogP contribution in [0.4, 0.5) is 5.69 Å². The molecule has 2 rings (SSSR count). The van der Waals surface area contributed by atoms with E-state index in [1.165, 1.54) is 25.6 Å². The molecule has 0 bridgehead atoms. The lowest BCUT2D eigenvalue weighted by Crippen LogP contribution is -2.12. The summed E-state index contributed by atoms with van der Waals surface area (Å²) >= 11 is 0. The van der Waals surface area contributed by atoms with Crippen molar-refractivity contribution in [2.75, 3.05) is 19.5 Å². The Labute approximate surface area is 116 Å². The number of pyridine rings is 1. The van der Waals surface area contributed by atoms with E-state index in [0.29, 0.717) is 17.2 Å². The molecule has 0 saturated carbocycles. The van der Waals surface area contributed by atoms with Gasteiger partial charge >= 0.3 is 0 Å². The Morgan fingerprint density at radius 1 is 1.20 bits per heavy atom. The minimum atomic E-state index is -0.392. The monoisotopic (exact) mass is 274 g/mol. The van der Waals surface area contributed by atoms with Crippen LogP contribution in [0.2, 0.25) is 0 Å². The highest BCUT2D eigenvalue weighted by molar-refractivity contribution is 6.05. The summed E-state index contributed by atoms with van der Waals surface area (Å²) in [4.78, 5) is 15.8.